The van der Waals surface area contributed by atoms with E-state index in [0.29, 0.717) is 17.6 Å². The normalized spacial score (nSPS) is 31.2. The number of nitrogens with one attached hydrogen (secondary N) is 1. The van der Waals surface area contributed by atoms with E-state index >= 15 is 0 Å². The molecule has 2 unspecified atom stereocenters. The van der Waals surface area contributed by atoms with Crippen molar-refractivity contribution in [1.82, 2.24) is 5.32 Å². The molecule has 1 saturated heterocycles. The number of hydrogen-bond donors (Lipinski definition) is 1. The lowest BCUT2D eigenvalue weighted by molar-refractivity contribution is 0.0907. The molecule has 1 saturated carbocycles. The first-order valence-electron chi connectivity index (χ1n) is 6.53. The highest BCUT2D eigenvalue weighted by molar-refractivity contribution is 4.86. The first-order chi connectivity index (χ1) is 7.18. The van der Waals surface area contributed by atoms with Gasteiger partial charge in [0.25, 0.3) is 0 Å². The lowest BCUT2D eigenvalue weighted by Gasteiger charge is -2.39. The van der Waals surface area contributed by atoms with E-state index in [0.717, 1.165) is 6.61 Å². The Bertz CT molecular complexity index is 195. The summed E-state index contributed by atoms with van der Waals surface area (Å²) in [6.07, 6.45) is 8.49. The van der Waals surface area contributed by atoms with Gasteiger partial charge >= 0.3 is 0 Å². The predicted octanol–water partition coefficient (Wildman–Crippen LogP) is 2.72. The molecule has 0 spiro atoms. The molecule has 1 N–H and O–H groups in total. The van der Waals surface area contributed by atoms with Gasteiger partial charge in [0.15, 0.2) is 0 Å². The van der Waals surface area contributed by atoms with Crippen molar-refractivity contribution in [3.8, 4) is 0 Å². The molecule has 2 aliphatic rings. The first-order valence-corrected chi connectivity index (χ1v) is 6.53. The van der Waals surface area contributed by atoms with Gasteiger partial charge in [-0.3, -0.25) is 0 Å². The van der Waals surface area contributed by atoms with Crippen LogP contribution in [0.1, 0.15) is 52.4 Å². The van der Waals surface area contributed by atoms with Gasteiger partial charge < -0.3 is 10.1 Å². The minimum absolute atomic E-state index is 0.529. The van der Waals surface area contributed by atoms with Crippen LogP contribution in [-0.4, -0.2) is 25.3 Å². The molecular formula is C13H25NO. The van der Waals surface area contributed by atoms with Crippen molar-refractivity contribution in [2.75, 3.05) is 13.2 Å². The van der Waals surface area contributed by atoms with Gasteiger partial charge in [-0.05, 0) is 44.4 Å². The van der Waals surface area contributed by atoms with Gasteiger partial charge in [-0.15, -0.1) is 0 Å². The average molecular weight is 211 g/mol. The van der Waals surface area contributed by atoms with Gasteiger partial charge in [0.1, 0.15) is 0 Å². The molecule has 0 aromatic heterocycles. The molecule has 15 heavy (non-hydrogen) atoms. The second kappa shape index (κ2) is 4.84. The van der Waals surface area contributed by atoms with E-state index in [1.807, 2.05) is 0 Å². The minimum atomic E-state index is 0.529. The molecule has 0 aromatic rings. The lowest BCUT2D eigenvalue weighted by atomic mass is 9.70. The summed E-state index contributed by atoms with van der Waals surface area (Å²) in [5.74, 6) is 0. The van der Waals surface area contributed by atoms with Crippen LogP contribution in [0.3, 0.4) is 0 Å². The van der Waals surface area contributed by atoms with Crippen LogP contribution in [-0.2, 0) is 4.74 Å². The summed E-state index contributed by atoms with van der Waals surface area (Å²) in [5.41, 5.74) is 0.602. The Labute approximate surface area is 93.8 Å². The minimum Gasteiger partial charge on any atom is -0.378 e. The van der Waals surface area contributed by atoms with Crippen LogP contribution in [0, 0.1) is 5.41 Å². The van der Waals surface area contributed by atoms with E-state index in [1.165, 1.54) is 45.1 Å². The molecule has 0 bridgehead atoms. The second-order valence-electron chi connectivity index (χ2n) is 5.82. The third-order valence-corrected chi connectivity index (χ3v) is 4.08. The smallest absolute Gasteiger partial charge is 0.0590 e. The van der Waals surface area contributed by atoms with Crippen LogP contribution in [0.25, 0.3) is 0 Å². The van der Waals surface area contributed by atoms with Gasteiger partial charge in [-0.2, -0.15) is 0 Å². The Kier molecular flexibility index (Phi) is 3.68. The Hall–Kier alpha value is -0.0800. The van der Waals surface area contributed by atoms with Crippen molar-refractivity contribution >= 4 is 0 Å². The van der Waals surface area contributed by atoms with Crippen molar-refractivity contribution in [3.63, 3.8) is 0 Å². The van der Waals surface area contributed by atoms with E-state index < -0.39 is 0 Å². The highest BCUT2D eigenvalue weighted by Crippen LogP contribution is 2.39. The van der Waals surface area contributed by atoms with Gasteiger partial charge in [-0.25, -0.2) is 0 Å². The molecule has 0 radical (unpaired) electrons. The quantitative estimate of drug-likeness (QED) is 0.755. The van der Waals surface area contributed by atoms with Crippen molar-refractivity contribution < 1.29 is 4.74 Å². The highest BCUT2D eigenvalue weighted by Gasteiger charge is 2.31. The summed E-state index contributed by atoms with van der Waals surface area (Å²) in [6.45, 7) is 6.88. The van der Waals surface area contributed by atoms with Gasteiger partial charge in [-0.1, -0.05) is 13.3 Å². The third kappa shape index (κ3) is 3.18. The topological polar surface area (TPSA) is 21.3 Å². The van der Waals surface area contributed by atoms with Crippen LogP contribution < -0.4 is 5.32 Å². The average Bonchev–Trinajstić information content (AvgIpc) is 2.64. The molecule has 2 rings (SSSR count). The van der Waals surface area contributed by atoms with E-state index in [1.54, 1.807) is 0 Å². The van der Waals surface area contributed by atoms with E-state index in [9.17, 15) is 0 Å². The van der Waals surface area contributed by atoms with Gasteiger partial charge in [0.2, 0.25) is 0 Å². The first kappa shape index (κ1) is 11.4. The summed E-state index contributed by atoms with van der Waals surface area (Å²) in [4.78, 5) is 0. The largest absolute Gasteiger partial charge is 0.378 e. The standard InChI is InChI=1S/C13H25NO/c1-11(9-12-5-3-8-15-12)14-10-13(2)6-4-7-13/h11-12,14H,3-10H2,1-2H3. The van der Waals surface area contributed by atoms with Gasteiger partial charge in [0, 0.05) is 19.2 Å². The van der Waals surface area contributed by atoms with Crippen molar-refractivity contribution in [1.29, 1.82) is 0 Å². The number of ether oxygens (including phenoxy) is 1. The van der Waals surface area contributed by atoms with Crippen LogP contribution in [0.5, 0.6) is 0 Å². The molecule has 2 heteroatoms. The fourth-order valence-corrected chi connectivity index (χ4v) is 2.69. The summed E-state index contributed by atoms with van der Waals surface area (Å²) in [5, 5.41) is 3.67. The summed E-state index contributed by atoms with van der Waals surface area (Å²) >= 11 is 0. The van der Waals surface area contributed by atoms with Crippen LogP contribution in [0.15, 0.2) is 0 Å². The summed E-state index contributed by atoms with van der Waals surface area (Å²) < 4.78 is 5.66. The molecule has 1 aliphatic heterocycles. The zero-order valence-corrected chi connectivity index (χ0v) is 10.2. The molecule has 2 fully saturated rings. The Morgan fingerprint density at radius 2 is 2.20 bits per heavy atom. The maximum atomic E-state index is 5.66. The van der Waals surface area contributed by atoms with E-state index in [2.05, 4.69) is 19.2 Å². The Morgan fingerprint density at radius 1 is 1.40 bits per heavy atom. The number of rotatable bonds is 5. The lowest BCUT2D eigenvalue weighted by Crippen LogP contribution is -2.41. The summed E-state index contributed by atoms with van der Waals surface area (Å²) in [7, 11) is 0. The van der Waals surface area contributed by atoms with Gasteiger partial charge in [0.05, 0.1) is 6.10 Å². The van der Waals surface area contributed by atoms with Crippen LogP contribution in [0.4, 0.5) is 0 Å². The predicted molar refractivity (Wildman–Crippen MR) is 63.0 cm³/mol. The summed E-state index contributed by atoms with van der Waals surface area (Å²) in [6, 6.07) is 0.616. The van der Waals surface area contributed by atoms with E-state index in [4.69, 9.17) is 4.74 Å². The van der Waals surface area contributed by atoms with Crippen molar-refractivity contribution in [2.24, 2.45) is 5.41 Å². The fourth-order valence-electron chi connectivity index (χ4n) is 2.69. The van der Waals surface area contributed by atoms with E-state index in [-0.39, 0.29) is 0 Å². The maximum absolute atomic E-state index is 5.66. The Balaban J connectivity index is 1.61. The van der Waals surface area contributed by atoms with Crippen LogP contribution in [0.2, 0.25) is 0 Å². The molecule has 1 heterocycles. The van der Waals surface area contributed by atoms with Crippen molar-refractivity contribution in [2.45, 2.75) is 64.5 Å². The van der Waals surface area contributed by atoms with Crippen LogP contribution >= 0.6 is 0 Å². The second-order valence-corrected chi connectivity index (χ2v) is 5.82. The molecule has 2 atom stereocenters. The fraction of sp³-hybridized carbons (Fsp3) is 1.00. The Morgan fingerprint density at radius 3 is 2.73 bits per heavy atom. The molecule has 2 nitrogen and oxygen atoms in total. The third-order valence-electron chi connectivity index (χ3n) is 4.08. The highest BCUT2D eigenvalue weighted by atomic mass is 16.5. The maximum Gasteiger partial charge on any atom is 0.0590 e. The zero-order chi connectivity index (χ0) is 10.7. The molecule has 0 amide bonds. The molecule has 0 aromatic carbocycles. The molecule has 1 aliphatic carbocycles. The monoisotopic (exact) mass is 211 g/mol. The SMILES string of the molecule is CC(CC1CCCO1)NCC1(C)CCC1. The molecular weight excluding hydrogens is 186 g/mol. The zero-order valence-electron chi connectivity index (χ0n) is 10.2. The van der Waals surface area contributed by atoms with Crippen molar-refractivity contribution in [3.05, 3.63) is 0 Å². The number of hydrogen-bond acceptors (Lipinski definition) is 2. The molecule has 88 valence electrons.